The number of benzene rings is 2. The van der Waals surface area contributed by atoms with Gasteiger partial charge in [-0.25, -0.2) is 4.98 Å². The molecular weight excluding hydrogens is 396 g/mol. The summed E-state index contributed by atoms with van der Waals surface area (Å²) in [6, 6.07) is 13.3. The van der Waals surface area contributed by atoms with Crippen LogP contribution in [0.2, 0.25) is 0 Å². The standard InChI is InChI=1S/C23H20N4O4/c1-26-13-12-24-22(26)21(30)16-6-8-18(9-7-16)25-23(31)17-4-2-15(3-5-17)14-27-19(28)10-11-20(27)29/h2-9,12-13H,10-11,14H2,1H3,(H,25,31). The fraction of sp³-hybridized carbons (Fsp3) is 0.174. The Hall–Kier alpha value is -4.07. The smallest absolute Gasteiger partial charge is 0.255 e. The number of carbonyl (C=O) groups is 4. The molecule has 0 radical (unpaired) electrons. The third-order valence-electron chi connectivity index (χ3n) is 5.14. The number of imidazole rings is 1. The van der Waals surface area contributed by atoms with Crippen LogP contribution in [0.15, 0.2) is 60.9 Å². The number of likely N-dealkylation sites (tertiary alicyclic amines) is 1. The van der Waals surface area contributed by atoms with Gasteiger partial charge in [0.2, 0.25) is 17.6 Å². The molecule has 156 valence electrons. The monoisotopic (exact) mass is 416 g/mol. The van der Waals surface area contributed by atoms with Crippen LogP contribution in [-0.2, 0) is 23.2 Å². The van der Waals surface area contributed by atoms with Gasteiger partial charge in [-0.3, -0.25) is 24.1 Å². The number of amides is 3. The first-order valence-corrected chi connectivity index (χ1v) is 9.78. The average molecular weight is 416 g/mol. The highest BCUT2D eigenvalue weighted by Crippen LogP contribution is 2.17. The summed E-state index contributed by atoms with van der Waals surface area (Å²) < 4.78 is 1.65. The first-order valence-electron chi connectivity index (χ1n) is 9.78. The molecule has 8 heteroatoms. The maximum absolute atomic E-state index is 12.5. The van der Waals surface area contributed by atoms with Crippen LogP contribution in [0, 0.1) is 0 Å². The van der Waals surface area contributed by atoms with E-state index in [9.17, 15) is 19.2 Å². The topological polar surface area (TPSA) is 101 Å². The number of imide groups is 1. The minimum Gasteiger partial charge on any atom is -0.331 e. The van der Waals surface area contributed by atoms with Crippen molar-refractivity contribution in [2.75, 3.05) is 5.32 Å². The molecule has 2 aromatic carbocycles. The van der Waals surface area contributed by atoms with Gasteiger partial charge in [0.05, 0.1) is 6.54 Å². The molecule has 0 unspecified atom stereocenters. The quantitative estimate of drug-likeness (QED) is 0.492. The van der Waals surface area contributed by atoms with Crippen LogP contribution >= 0.6 is 0 Å². The molecule has 0 aliphatic carbocycles. The SMILES string of the molecule is Cn1ccnc1C(=O)c1ccc(NC(=O)c2ccc(CN3C(=O)CCC3=O)cc2)cc1. The van der Waals surface area contributed by atoms with Crippen LogP contribution in [-0.4, -0.2) is 38.0 Å². The predicted octanol–water partition coefficient (Wildman–Crippen LogP) is 2.55. The Balaban J connectivity index is 1.39. The molecule has 2 heterocycles. The molecule has 31 heavy (non-hydrogen) atoms. The Kier molecular flexibility index (Phi) is 5.44. The minimum atomic E-state index is -0.303. The summed E-state index contributed by atoms with van der Waals surface area (Å²) in [4.78, 5) is 53.7. The van der Waals surface area contributed by atoms with E-state index in [4.69, 9.17) is 0 Å². The second-order valence-corrected chi connectivity index (χ2v) is 7.29. The zero-order valence-corrected chi connectivity index (χ0v) is 16.9. The van der Waals surface area contributed by atoms with Crippen molar-refractivity contribution < 1.29 is 19.2 Å². The number of anilines is 1. The van der Waals surface area contributed by atoms with Crippen LogP contribution in [0.25, 0.3) is 0 Å². The lowest BCUT2D eigenvalue weighted by atomic mass is 10.1. The van der Waals surface area contributed by atoms with Crippen molar-refractivity contribution in [2.24, 2.45) is 7.05 Å². The van der Waals surface area contributed by atoms with Gasteiger partial charge in [-0.1, -0.05) is 12.1 Å². The van der Waals surface area contributed by atoms with Crippen LogP contribution in [0.1, 0.15) is 44.9 Å². The van der Waals surface area contributed by atoms with Crippen LogP contribution in [0.3, 0.4) is 0 Å². The fourth-order valence-corrected chi connectivity index (χ4v) is 3.37. The third kappa shape index (κ3) is 4.28. The predicted molar refractivity (Wildman–Crippen MR) is 112 cm³/mol. The molecule has 1 aliphatic rings. The molecule has 3 aromatic rings. The Morgan fingerprint density at radius 2 is 1.55 bits per heavy atom. The maximum Gasteiger partial charge on any atom is 0.255 e. The molecule has 0 saturated carbocycles. The number of ketones is 1. The summed E-state index contributed by atoms with van der Waals surface area (Å²) in [5, 5.41) is 2.79. The van der Waals surface area contributed by atoms with Crippen molar-refractivity contribution in [1.82, 2.24) is 14.5 Å². The Bertz CT molecular complexity index is 1150. The summed E-state index contributed by atoms with van der Waals surface area (Å²) >= 11 is 0. The normalized spacial score (nSPS) is 13.5. The van der Waals surface area contributed by atoms with E-state index in [1.807, 2.05) is 0 Å². The Morgan fingerprint density at radius 3 is 2.13 bits per heavy atom. The van der Waals surface area contributed by atoms with Gasteiger partial charge in [0.15, 0.2) is 5.82 Å². The zero-order chi connectivity index (χ0) is 22.0. The first-order chi connectivity index (χ1) is 14.9. The third-order valence-corrected chi connectivity index (χ3v) is 5.14. The molecule has 1 fully saturated rings. The number of nitrogens with zero attached hydrogens (tertiary/aromatic N) is 3. The fourth-order valence-electron chi connectivity index (χ4n) is 3.37. The number of nitrogens with one attached hydrogen (secondary N) is 1. The molecule has 0 bridgehead atoms. The van der Waals surface area contributed by atoms with Crippen LogP contribution in [0.4, 0.5) is 5.69 Å². The lowest BCUT2D eigenvalue weighted by molar-refractivity contribution is -0.139. The van der Waals surface area contributed by atoms with Gasteiger partial charge in [-0.05, 0) is 42.0 Å². The van der Waals surface area contributed by atoms with Gasteiger partial charge < -0.3 is 9.88 Å². The van der Waals surface area contributed by atoms with Crippen molar-refractivity contribution in [1.29, 1.82) is 0 Å². The molecule has 1 N–H and O–H groups in total. The van der Waals surface area contributed by atoms with Gasteiger partial charge >= 0.3 is 0 Å². The van der Waals surface area contributed by atoms with E-state index in [0.29, 0.717) is 22.6 Å². The molecule has 1 aliphatic heterocycles. The average Bonchev–Trinajstić information content (AvgIpc) is 3.34. The lowest BCUT2D eigenvalue weighted by Crippen LogP contribution is -2.28. The lowest BCUT2D eigenvalue weighted by Gasteiger charge is -2.14. The molecule has 8 nitrogen and oxygen atoms in total. The van der Waals surface area contributed by atoms with Crippen molar-refractivity contribution in [3.63, 3.8) is 0 Å². The Labute approximate surface area is 178 Å². The van der Waals surface area contributed by atoms with E-state index in [0.717, 1.165) is 5.56 Å². The van der Waals surface area contributed by atoms with Gasteiger partial charge in [-0.2, -0.15) is 0 Å². The van der Waals surface area contributed by atoms with Crippen molar-refractivity contribution in [3.05, 3.63) is 83.4 Å². The van der Waals surface area contributed by atoms with Crippen molar-refractivity contribution in [3.8, 4) is 0 Å². The first kappa shape index (κ1) is 20.2. The van der Waals surface area contributed by atoms with Crippen LogP contribution < -0.4 is 5.32 Å². The summed E-state index contributed by atoms with van der Waals surface area (Å²) in [5.41, 5.74) is 2.25. The summed E-state index contributed by atoms with van der Waals surface area (Å²) in [5.74, 6) is -0.499. The number of rotatable bonds is 6. The molecular formula is C23H20N4O4. The van der Waals surface area contributed by atoms with E-state index in [1.165, 1.54) is 4.90 Å². The molecule has 0 spiro atoms. The highest BCUT2D eigenvalue weighted by Gasteiger charge is 2.28. The summed E-state index contributed by atoms with van der Waals surface area (Å²) in [7, 11) is 1.75. The van der Waals surface area contributed by atoms with Crippen LogP contribution in [0.5, 0.6) is 0 Å². The van der Waals surface area contributed by atoms with Crippen molar-refractivity contribution >= 4 is 29.2 Å². The van der Waals surface area contributed by atoms with E-state index in [-0.39, 0.29) is 42.9 Å². The summed E-state index contributed by atoms with van der Waals surface area (Å²) in [6.45, 7) is 0.213. The second kappa shape index (κ2) is 8.35. The molecule has 0 atom stereocenters. The van der Waals surface area contributed by atoms with Gasteiger partial charge in [0.25, 0.3) is 5.91 Å². The molecule has 4 rings (SSSR count). The maximum atomic E-state index is 12.5. The van der Waals surface area contributed by atoms with Crippen molar-refractivity contribution in [2.45, 2.75) is 19.4 Å². The number of carbonyl (C=O) groups excluding carboxylic acids is 4. The van der Waals surface area contributed by atoms with Gasteiger partial charge in [-0.15, -0.1) is 0 Å². The molecule has 1 aromatic heterocycles. The number of aryl methyl sites for hydroxylation is 1. The largest absolute Gasteiger partial charge is 0.331 e. The minimum absolute atomic E-state index is 0.170. The highest BCUT2D eigenvalue weighted by molar-refractivity contribution is 6.08. The molecule has 3 amide bonds. The second-order valence-electron chi connectivity index (χ2n) is 7.29. The Morgan fingerprint density at radius 1 is 0.935 bits per heavy atom. The number of hydrogen-bond acceptors (Lipinski definition) is 5. The van der Waals surface area contributed by atoms with E-state index < -0.39 is 0 Å². The summed E-state index contributed by atoms with van der Waals surface area (Å²) in [6.07, 6.45) is 3.78. The van der Waals surface area contributed by atoms with Gasteiger partial charge in [0, 0.05) is 49.1 Å². The van der Waals surface area contributed by atoms with E-state index >= 15 is 0 Å². The zero-order valence-electron chi connectivity index (χ0n) is 16.9. The number of hydrogen-bond donors (Lipinski definition) is 1. The number of aromatic nitrogens is 2. The van der Waals surface area contributed by atoms with Gasteiger partial charge in [0.1, 0.15) is 0 Å². The van der Waals surface area contributed by atoms with E-state index in [1.54, 1.807) is 72.5 Å². The molecule has 1 saturated heterocycles. The van der Waals surface area contributed by atoms with E-state index in [2.05, 4.69) is 10.3 Å². The highest BCUT2D eigenvalue weighted by atomic mass is 16.2.